The van der Waals surface area contributed by atoms with Crippen molar-refractivity contribution in [2.45, 2.75) is 5.92 Å². The monoisotopic (exact) mass is 203 g/mol. The van der Waals surface area contributed by atoms with E-state index in [-0.39, 0.29) is 0 Å². The largest absolute Gasteiger partial charge is 0.495 e. The van der Waals surface area contributed by atoms with Gasteiger partial charge >= 0.3 is 0 Å². The van der Waals surface area contributed by atoms with Gasteiger partial charge in [0.05, 0.1) is 19.0 Å². The van der Waals surface area contributed by atoms with Crippen LogP contribution in [-0.4, -0.2) is 29.6 Å². The molecule has 4 heteroatoms. The van der Waals surface area contributed by atoms with Crippen LogP contribution < -0.4 is 10.1 Å². The van der Waals surface area contributed by atoms with E-state index in [9.17, 15) is 0 Å². The van der Waals surface area contributed by atoms with Gasteiger partial charge in [-0.2, -0.15) is 0 Å². The maximum Gasteiger partial charge on any atom is 0.137 e. The Morgan fingerprint density at radius 3 is 2.93 bits per heavy atom. The second-order valence-corrected chi connectivity index (χ2v) is 3.86. The third-order valence-corrected chi connectivity index (χ3v) is 2.88. The minimum atomic E-state index is 0.580. The van der Waals surface area contributed by atoms with Crippen molar-refractivity contribution in [2.24, 2.45) is 0 Å². The molecule has 78 valence electrons. The molecule has 0 atom stereocenters. The third kappa shape index (κ3) is 1.37. The molecule has 0 unspecified atom stereocenters. The molecule has 1 saturated heterocycles. The van der Waals surface area contributed by atoms with Crippen LogP contribution in [-0.2, 0) is 0 Å². The summed E-state index contributed by atoms with van der Waals surface area (Å²) in [4.78, 5) is 4.58. The molecule has 1 aliphatic heterocycles. The van der Waals surface area contributed by atoms with Gasteiger partial charge in [0.15, 0.2) is 0 Å². The van der Waals surface area contributed by atoms with Crippen molar-refractivity contribution in [1.29, 1.82) is 0 Å². The Labute approximate surface area is 87.9 Å². The van der Waals surface area contributed by atoms with Gasteiger partial charge in [-0.1, -0.05) is 0 Å². The summed E-state index contributed by atoms with van der Waals surface area (Å²) >= 11 is 0. The Bertz CT molecular complexity index is 488. The molecule has 2 aromatic heterocycles. The van der Waals surface area contributed by atoms with Crippen LogP contribution >= 0.6 is 0 Å². The molecule has 3 heterocycles. The van der Waals surface area contributed by atoms with Crippen LogP contribution in [0.15, 0.2) is 24.5 Å². The molecule has 0 aliphatic carbocycles. The van der Waals surface area contributed by atoms with E-state index in [0.29, 0.717) is 5.92 Å². The zero-order valence-electron chi connectivity index (χ0n) is 8.60. The van der Waals surface area contributed by atoms with E-state index >= 15 is 0 Å². The lowest BCUT2D eigenvalue weighted by Gasteiger charge is -2.24. The van der Waals surface area contributed by atoms with Crippen LogP contribution in [0, 0.1) is 0 Å². The molecule has 2 aromatic rings. The molecule has 0 radical (unpaired) electrons. The molecule has 1 aliphatic rings. The summed E-state index contributed by atoms with van der Waals surface area (Å²) < 4.78 is 7.19. The summed E-state index contributed by atoms with van der Waals surface area (Å²) in [6.07, 6.45) is 4.04. The van der Waals surface area contributed by atoms with Crippen molar-refractivity contribution in [2.75, 3.05) is 20.2 Å². The van der Waals surface area contributed by atoms with E-state index in [1.54, 1.807) is 7.11 Å². The Morgan fingerprint density at radius 2 is 2.27 bits per heavy atom. The first-order chi connectivity index (χ1) is 7.36. The summed E-state index contributed by atoms with van der Waals surface area (Å²) in [6.45, 7) is 2.09. The number of nitrogens with zero attached hydrogens (tertiary/aromatic N) is 2. The Morgan fingerprint density at radius 1 is 1.40 bits per heavy atom. The zero-order valence-corrected chi connectivity index (χ0v) is 8.60. The van der Waals surface area contributed by atoms with Gasteiger partial charge in [-0.25, -0.2) is 4.98 Å². The Kier molecular flexibility index (Phi) is 1.89. The predicted octanol–water partition coefficient (Wildman–Crippen LogP) is 1.03. The molecule has 1 N–H and O–H groups in total. The maximum atomic E-state index is 5.17. The van der Waals surface area contributed by atoms with Crippen molar-refractivity contribution >= 4 is 5.65 Å². The number of hydrogen-bond acceptors (Lipinski definition) is 3. The standard InChI is InChI=1S/C11H13N3O/c1-15-9-2-3-11-13-10(7-14(11)6-9)8-4-12-5-8/h2-3,6-8,12H,4-5H2,1H3. The lowest BCUT2D eigenvalue weighted by molar-refractivity contribution is 0.412. The van der Waals surface area contributed by atoms with Gasteiger partial charge in [-0.15, -0.1) is 0 Å². The number of nitrogens with one attached hydrogen (secondary N) is 1. The molecule has 0 amide bonds. The molecule has 1 fully saturated rings. The fourth-order valence-corrected chi connectivity index (χ4v) is 1.81. The van der Waals surface area contributed by atoms with E-state index in [1.165, 1.54) is 5.69 Å². The molecule has 0 aromatic carbocycles. The highest BCUT2D eigenvalue weighted by Crippen LogP contribution is 2.20. The van der Waals surface area contributed by atoms with Gasteiger partial charge in [-0.3, -0.25) is 0 Å². The van der Waals surface area contributed by atoms with Crippen LogP contribution in [0.25, 0.3) is 5.65 Å². The van der Waals surface area contributed by atoms with E-state index in [4.69, 9.17) is 4.74 Å². The number of ether oxygens (including phenoxy) is 1. The minimum Gasteiger partial charge on any atom is -0.495 e. The van der Waals surface area contributed by atoms with E-state index in [2.05, 4.69) is 16.5 Å². The second-order valence-electron chi connectivity index (χ2n) is 3.86. The lowest BCUT2D eigenvalue weighted by atomic mass is 10.0. The fraction of sp³-hybridized carbons (Fsp3) is 0.364. The number of hydrogen-bond donors (Lipinski definition) is 1. The second kappa shape index (κ2) is 3.24. The van der Waals surface area contributed by atoms with Crippen molar-refractivity contribution in [3.8, 4) is 5.75 Å². The summed E-state index contributed by atoms with van der Waals surface area (Å²) in [6, 6.07) is 3.92. The third-order valence-electron chi connectivity index (χ3n) is 2.88. The first kappa shape index (κ1) is 8.73. The predicted molar refractivity (Wildman–Crippen MR) is 57.4 cm³/mol. The molecule has 3 rings (SSSR count). The number of imidazole rings is 1. The highest BCUT2D eigenvalue weighted by Gasteiger charge is 2.21. The quantitative estimate of drug-likeness (QED) is 0.792. The number of rotatable bonds is 2. The van der Waals surface area contributed by atoms with Gasteiger partial charge in [-0.05, 0) is 12.1 Å². The SMILES string of the molecule is COc1ccc2nc(C3CNC3)cn2c1. The number of pyridine rings is 1. The molecular formula is C11H13N3O. The van der Waals surface area contributed by atoms with E-state index in [1.807, 2.05) is 22.7 Å². The van der Waals surface area contributed by atoms with Crippen molar-refractivity contribution in [3.63, 3.8) is 0 Å². The molecule has 0 bridgehead atoms. The minimum absolute atomic E-state index is 0.580. The average Bonchev–Trinajstić information content (AvgIpc) is 2.56. The first-order valence-electron chi connectivity index (χ1n) is 5.10. The molecular weight excluding hydrogens is 190 g/mol. The number of aromatic nitrogens is 2. The normalized spacial score (nSPS) is 16.6. The van der Waals surface area contributed by atoms with Crippen LogP contribution in [0.2, 0.25) is 0 Å². The molecule has 0 saturated carbocycles. The topological polar surface area (TPSA) is 38.6 Å². The summed E-state index contributed by atoms with van der Waals surface area (Å²) in [5, 5.41) is 3.25. The number of methoxy groups -OCH3 is 1. The summed E-state index contributed by atoms with van der Waals surface area (Å²) in [5.41, 5.74) is 2.15. The van der Waals surface area contributed by atoms with E-state index < -0.39 is 0 Å². The Balaban J connectivity index is 2.04. The van der Waals surface area contributed by atoms with Crippen LogP contribution in [0.1, 0.15) is 11.6 Å². The summed E-state index contributed by atoms with van der Waals surface area (Å²) in [5.74, 6) is 1.44. The van der Waals surface area contributed by atoms with Crippen molar-refractivity contribution in [1.82, 2.24) is 14.7 Å². The number of fused-ring (bicyclic) bond motifs is 1. The lowest BCUT2D eigenvalue weighted by Crippen LogP contribution is -2.40. The first-order valence-corrected chi connectivity index (χ1v) is 5.10. The van der Waals surface area contributed by atoms with Crippen molar-refractivity contribution < 1.29 is 4.74 Å². The van der Waals surface area contributed by atoms with Crippen LogP contribution in [0.5, 0.6) is 5.75 Å². The zero-order chi connectivity index (χ0) is 10.3. The smallest absolute Gasteiger partial charge is 0.137 e. The fourth-order valence-electron chi connectivity index (χ4n) is 1.81. The van der Waals surface area contributed by atoms with Crippen LogP contribution in [0.4, 0.5) is 0 Å². The highest BCUT2D eigenvalue weighted by molar-refractivity contribution is 5.43. The average molecular weight is 203 g/mol. The van der Waals surface area contributed by atoms with Gasteiger partial charge in [0.1, 0.15) is 11.4 Å². The van der Waals surface area contributed by atoms with Crippen LogP contribution in [0.3, 0.4) is 0 Å². The van der Waals surface area contributed by atoms with Gasteiger partial charge in [0.2, 0.25) is 0 Å². The molecule has 4 nitrogen and oxygen atoms in total. The van der Waals surface area contributed by atoms with Gasteiger partial charge < -0.3 is 14.5 Å². The van der Waals surface area contributed by atoms with E-state index in [0.717, 1.165) is 24.5 Å². The van der Waals surface area contributed by atoms with Gasteiger partial charge in [0.25, 0.3) is 0 Å². The molecule has 15 heavy (non-hydrogen) atoms. The molecule has 0 spiro atoms. The summed E-state index contributed by atoms with van der Waals surface area (Å²) in [7, 11) is 1.68. The van der Waals surface area contributed by atoms with Gasteiger partial charge in [0, 0.05) is 25.2 Å². The Hall–Kier alpha value is -1.55. The maximum absolute atomic E-state index is 5.17. The highest BCUT2D eigenvalue weighted by atomic mass is 16.5. The van der Waals surface area contributed by atoms with Crippen molar-refractivity contribution in [3.05, 3.63) is 30.2 Å².